The normalized spacial score (nSPS) is 11.5. The first kappa shape index (κ1) is 18.3. The summed E-state index contributed by atoms with van der Waals surface area (Å²) in [5.41, 5.74) is 4.78. The Bertz CT molecular complexity index is 1210. The third-order valence-electron chi connectivity index (χ3n) is 4.65. The topological polar surface area (TPSA) is 63.6 Å². The number of fused-ring (bicyclic) bond motifs is 1. The number of benzene rings is 2. The zero-order valence-corrected chi connectivity index (χ0v) is 16.5. The van der Waals surface area contributed by atoms with Crippen LogP contribution in [0.2, 0.25) is 0 Å². The molecule has 0 aliphatic carbocycles. The molecule has 0 spiro atoms. The van der Waals surface area contributed by atoms with Crippen molar-refractivity contribution < 1.29 is 0 Å². The molecule has 2 aromatic heterocycles. The Hall–Kier alpha value is -3.12. The first-order chi connectivity index (χ1) is 13.6. The van der Waals surface area contributed by atoms with Crippen molar-refractivity contribution in [2.24, 2.45) is 0 Å². The van der Waals surface area contributed by atoms with Crippen molar-refractivity contribution >= 4 is 28.9 Å². The van der Waals surface area contributed by atoms with Gasteiger partial charge in [0.1, 0.15) is 5.39 Å². The average molecular weight is 388 g/mol. The molecule has 28 heavy (non-hydrogen) atoms. The second-order valence-corrected chi connectivity index (χ2v) is 7.52. The number of H-pyrrole nitrogens is 1. The van der Waals surface area contributed by atoms with Crippen molar-refractivity contribution in [3.05, 3.63) is 87.8 Å². The first-order valence-corrected chi connectivity index (χ1v) is 10.0. The van der Waals surface area contributed by atoms with Crippen molar-refractivity contribution in [3.63, 3.8) is 0 Å². The van der Waals surface area contributed by atoms with Crippen molar-refractivity contribution in [2.75, 3.05) is 5.75 Å². The quantitative estimate of drug-likeness (QED) is 0.403. The number of nitrogens with zero attached hydrogens (tertiary/aromatic N) is 3. The van der Waals surface area contributed by atoms with E-state index >= 15 is 0 Å². The summed E-state index contributed by atoms with van der Waals surface area (Å²) in [6.07, 6.45) is 5.70. The number of aryl methyl sites for hydroxylation is 1. The van der Waals surface area contributed by atoms with Crippen LogP contribution in [-0.2, 0) is 0 Å². The predicted octanol–water partition coefficient (Wildman–Crippen LogP) is 4.53. The third-order valence-corrected chi connectivity index (χ3v) is 5.47. The molecule has 4 aromatic rings. The summed E-state index contributed by atoms with van der Waals surface area (Å²) in [4.78, 5) is 20.0. The maximum atomic E-state index is 12.5. The zero-order chi connectivity index (χ0) is 19.5. The van der Waals surface area contributed by atoms with Crippen LogP contribution in [0.3, 0.4) is 0 Å². The van der Waals surface area contributed by atoms with E-state index in [9.17, 15) is 4.79 Å². The number of thioether (sulfide) groups is 1. The van der Waals surface area contributed by atoms with E-state index in [1.54, 1.807) is 10.9 Å². The fourth-order valence-electron chi connectivity index (χ4n) is 2.98. The smallest absolute Gasteiger partial charge is 0.262 e. The van der Waals surface area contributed by atoms with Gasteiger partial charge >= 0.3 is 0 Å². The molecule has 2 heterocycles. The van der Waals surface area contributed by atoms with Crippen LogP contribution in [0, 0.1) is 13.8 Å². The van der Waals surface area contributed by atoms with E-state index in [1.807, 2.05) is 30.3 Å². The fraction of sp³-hybridized carbons (Fsp3) is 0.136. The molecule has 5 nitrogen and oxygen atoms in total. The number of aromatic amines is 1. The molecule has 0 aliphatic rings. The minimum absolute atomic E-state index is 0.170. The summed E-state index contributed by atoms with van der Waals surface area (Å²) in [7, 11) is 0. The summed E-state index contributed by atoms with van der Waals surface area (Å²) >= 11 is 1.49. The minimum atomic E-state index is -0.170. The van der Waals surface area contributed by atoms with Crippen molar-refractivity contribution in [3.8, 4) is 5.69 Å². The van der Waals surface area contributed by atoms with Crippen LogP contribution in [0.15, 0.2) is 70.8 Å². The van der Waals surface area contributed by atoms with E-state index in [0.29, 0.717) is 21.9 Å². The number of rotatable bonds is 5. The van der Waals surface area contributed by atoms with Crippen molar-refractivity contribution in [1.29, 1.82) is 0 Å². The van der Waals surface area contributed by atoms with Gasteiger partial charge in [0.25, 0.3) is 5.56 Å². The van der Waals surface area contributed by atoms with Crippen LogP contribution in [0.5, 0.6) is 0 Å². The largest absolute Gasteiger partial charge is 0.301 e. The molecule has 0 saturated carbocycles. The Kier molecular flexibility index (Phi) is 5.12. The summed E-state index contributed by atoms with van der Waals surface area (Å²) in [6, 6.07) is 16.2. The summed E-state index contributed by atoms with van der Waals surface area (Å²) in [6.45, 7) is 4.11. The first-order valence-electron chi connectivity index (χ1n) is 9.02. The summed E-state index contributed by atoms with van der Waals surface area (Å²) in [5, 5.41) is 5.49. The Balaban J connectivity index is 1.63. The zero-order valence-electron chi connectivity index (χ0n) is 15.7. The van der Waals surface area contributed by atoms with Gasteiger partial charge < -0.3 is 4.98 Å². The van der Waals surface area contributed by atoms with E-state index in [2.05, 4.69) is 59.3 Å². The lowest BCUT2D eigenvalue weighted by Crippen LogP contribution is -2.10. The van der Waals surface area contributed by atoms with Gasteiger partial charge in [-0.05, 0) is 36.6 Å². The van der Waals surface area contributed by atoms with Crippen LogP contribution < -0.4 is 5.56 Å². The van der Waals surface area contributed by atoms with E-state index < -0.39 is 0 Å². The second kappa shape index (κ2) is 7.86. The van der Waals surface area contributed by atoms with Gasteiger partial charge in [0.15, 0.2) is 10.8 Å². The van der Waals surface area contributed by atoms with Crippen LogP contribution >= 0.6 is 11.8 Å². The van der Waals surface area contributed by atoms with Gasteiger partial charge in [0.05, 0.1) is 11.9 Å². The van der Waals surface area contributed by atoms with Gasteiger partial charge in [-0.1, -0.05) is 66.4 Å². The summed E-state index contributed by atoms with van der Waals surface area (Å²) in [5.74, 6) is 0.709. The highest BCUT2D eigenvalue weighted by atomic mass is 32.2. The van der Waals surface area contributed by atoms with Crippen LogP contribution in [0.25, 0.3) is 22.8 Å². The minimum Gasteiger partial charge on any atom is -0.301 e. The van der Waals surface area contributed by atoms with E-state index in [4.69, 9.17) is 0 Å². The molecule has 0 saturated heterocycles. The molecule has 6 heteroatoms. The highest BCUT2D eigenvalue weighted by Gasteiger charge is 2.13. The second-order valence-electron chi connectivity index (χ2n) is 6.51. The number of aromatic nitrogens is 4. The number of hydrogen-bond acceptors (Lipinski definition) is 4. The van der Waals surface area contributed by atoms with Gasteiger partial charge in [-0.2, -0.15) is 5.10 Å². The lowest BCUT2D eigenvalue weighted by molar-refractivity contribution is 0.865. The third kappa shape index (κ3) is 3.64. The molecule has 0 amide bonds. The van der Waals surface area contributed by atoms with Crippen molar-refractivity contribution in [1.82, 2.24) is 19.7 Å². The summed E-state index contributed by atoms with van der Waals surface area (Å²) < 4.78 is 1.75. The lowest BCUT2D eigenvalue weighted by atomic mass is 10.1. The number of nitrogens with one attached hydrogen (secondary N) is 1. The Labute approximate surface area is 167 Å². The van der Waals surface area contributed by atoms with Gasteiger partial charge in [0, 0.05) is 5.75 Å². The van der Waals surface area contributed by atoms with Gasteiger partial charge in [-0.25, -0.2) is 9.67 Å². The molecule has 0 atom stereocenters. The maximum absolute atomic E-state index is 12.5. The van der Waals surface area contributed by atoms with Crippen LogP contribution in [-0.4, -0.2) is 25.5 Å². The van der Waals surface area contributed by atoms with Gasteiger partial charge in [-0.3, -0.25) is 4.79 Å². The fourth-order valence-corrected chi connectivity index (χ4v) is 3.65. The number of hydrogen-bond donors (Lipinski definition) is 1. The monoisotopic (exact) mass is 388 g/mol. The molecule has 4 rings (SSSR count). The molecule has 140 valence electrons. The Morgan fingerprint density at radius 2 is 1.93 bits per heavy atom. The molecular formula is C22H20N4OS. The van der Waals surface area contributed by atoms with E-state index in [0.717, 1.165) is 16.8 Å². The van der Waals surface area contributed by atoms with Crippen molar-refractivity contribution in [2.45, 2.75) is 19.0 Å². The molecular weight excluding hydrogens is 368 g/mol. The van der Waals surface area contributed by atoms with Crippen LogP contribution in [0.1, 0.15) is 16.7 Å². The molecule has 0 aliphatic heterocycles. The van der Waals surface area contributed by atoms with E-state index in [1.165, 1.54) is 17.3 Å². The maximum Gasteiger partial charge on any atom is 0.262 e. The van der Waals surface area contributed by atoms with E-state index in [-0.39, 0.29) is 5.56 Å². The van der Waals surface area contributed by atoms with Gasteiger partial charge in [0.2, 0.25) is 0 Å². The SMILES string of the molecule is Cc1cccc(-n2ncc3c(=O)[nH]c(SC/C=C/c4ccccc4)nc32)c1C. The molecule has 0 bridgehead atoms. The Morgan fingerprint density at radius 1 is 1.11 bits per heavy atom. The molecule has 1 N–H and O–H groups in total. The average Bonchev–Trinajstić information content (AvgIpc) is 3.13. The molecule has 0 fully saturated rings. The Morgan fingerprint density at radius 3 is 2.75 bits per heavy atom. The molecule has 0 unspecified atom stereocenters. The molecule has 2 aromatic carbocycles. The lowest BCUT2D eigenvalue weighted by Gasteiger charge is -2.09. The molecule has 0 radical (unpaired) electrons. The highest BCUT2D eigenvalue weighted by Crippen LogP contribution is 2.21. The highest BCUT2D eigenvalue weighted by molar-refractivity contribution is 7.99. The predicted molar refractivity (Wildman–Crippen MR) is 115 cm³/mol. The van der Waals surface area contributed by atoms with Gasteiger partial charge in [-0.15, -0.1) is 0 Å². The standard InChI is InChI=1S/C22H20N4OS/c1-15-8-6-12-19(16(15)2)26-20-18(14-23-26)21(27)25-22(24-20)28-13-7-11-17-9-4-3-5-10-17/h3-12,14H,13H2,1-2H3,(H,24,25,27)/b11-7+. The van der Waals surface area contributed by atoms with Crippen LogP contribution in [0.4, 0.5) is 0 Å².